The lowest BCUT2D eigenvalue weighted by Gasteiger charge is -2.25. The lowest BCUT2D eigenvalue weighted by atomic mass is 10.1. The fraction of sp³-hybridized carbons (Fsp3) is 0.270. The Morgan fingerprint density at radius 1 is 0.727 bits per heavy atom. The van der Waals surface area contributed by atoms with Crippen molar-refractivity contribution in [2.24, 2.45) is 0 Å². The number of fused-ring (bicyclic) bond motifs is 1. The molecule has 6 rings (SSSR count). The van der Waals surface area contributed by atoms with Crippen LogP contribution < -0.4 is 18.9 Å². The van der Waals surface area contributed by atoms with Crippen LogP contribution >= 0.6 is 0 Å². The minimum atomic E-state index is 0.257. The molecule has 44 heavy (non-hydrogen) atoms. The lowest BCUT2D eigenvalue weighted by molar-refractivity contribution is 0.174. The van der Waals surface area contributed by atoms with Crippen molar-refractivity contribution in [3.8, 4) is 45.6 Å². The number of benzene rings is 4. The third-order valence-corrected chi connectivity index (χ3v) is 7.96. The monoisotopic (exact) mass is 589 g/mol. The highest BCUT2D eigenvalue weighted by Crippen LogP contribution is 2.35. The molecular weight excluding hydrogens is 550 g/mol. The molecule has 0 spiro atoms. The van der Waals surface area contributed by atoms with E-state index in [-0.39, 0.29) is 6.79 Å². The topological polar surface area (TPSA) is 58.0 Å². The molecule has 7 nitrogen and oxygen atoms in total. The smallest absolute Gasteiger partial charge is 0.231 e. The van der Waals surface area contributed by atoms with Crippen LogP contribution in [0.25, 0.3) is 22.6 Å². The van der Waals surface area contributed by atoms with Gasteiger partial charge < -0.3 is 23.5 Å². The molecule has 4 aromatic carbocycles. The van der Waals surface area contributed by atoms with Crippen LogP contribution in [0.2, 0.25) is 0 Å². The zero-order valence-corrected chi connectivity index (χ0v) is 25.7. The third kappa shape index (κ3) is 6.43. The van der Waals surface area contributed by atoms with E-state index in [0.29, 0.717) is 19.6 Å². The van der Waals surface area contributed by atoms with Crippen molar-refractivity contribution in [1.82, 2.24) is 14.5 Å². The van der Waals surface area contributed by atoms with E-state index in [9.17, 15) is 0 Å². The van der Waals surface area contributed by atoms with Crippen molar-refractivity contribution in [3.05, 3.63) is 114 Å². The standard InChI is InChI=1S/C37H39N3O4/c1-4-5-20-40-31(36(29-12-8-6-9-13-29)38-37(40)30-14-10-7-11-15-30)25-39(23-27-16-18-32(41-2)34(21-27)42-3)24-28-17-19-33-35(22-28)44-26-43-33/h6-19,21-22H,4-5,20,23-26H2,1-3H3. The second kappa shape index (κ2) is 13.7. The van der Waals surface area contributed by atoms with E-state index in [4.69, 9.17) is 23.9 Å². The summed E-state index contributed by atoms with van der Waals surface area (Å²) in [6.45, 7) is 5.48. The maximum absolute atomic E-state index is 5.72. The van der Waals surface area contributed by atoms with Crippen LogP contribution in [0.4, 0.5) is 0 Å². The summed E-state index contributed by atoms with van der Waals surface area (Å²) in [4.78, 5) is 7.79. The Labute approximate surface area is 259 Å². The van der Waals surface area contributed by atoms with Gasteiger partial charge in [-0.3, -0.25) is 4.90 Å². The minimum absolute atomic E-state index is 0.257. The molecule has 2 heterocycles. The molecule has 0 saturated heterocycles. The number of imidazole rings is 1. The van der Waals surface area contributed by atoms with Gasteiger partial charge in [0.25, 0.3) is 0 Å². The first-order valence-electron chi connectivity index (χ1n) is 15.2. The maximum Gasteiger partial charge on any atom is 0.231 e. The second-order valence-corrected chi connectivity index (χ2v) is 11.0. The first-order valence-corrected chi connectivity index (χ1v) is 15.2. The summed E-state index contributed by atoms with van der Waals surface area (Å²) >= 11 is 0. The molecule has 0 radical (unpaired) electrons. The zero-order chi connectivity index (χ0) is 30.3. The molecule has 1 aromatic heterocycles. The number of nitrogens with zero attached hydrogens (tertiary/aromatic N) is 3. The quantitative estimate of drug-likeness (QED) is 0.139. The van der Waals surface area contributed by atoms with Gasteiger partial charge >= 0.3 is 0 Å². The van der Waals surface area contributed by atoms with Crippen molar-refractivity contribution < 1.29 is 18.9 Å². The summed E-state index contributed by atoms with van der Waals surface area (Å²) in [5.74, 6) is 4.02. The largest absolute Gasteiger partial charge is 0.493 e. The predicted octanol–water partition coefficient (Wildman–Crippen LogP) is 7.97. The van der Waals surface area contributed by atoms with Crippen LogP contribution in [0.3, 0.4) is 0 Å². The SMILES string of the molecule is CCCCn1c(-c2ccccc2)nc(-c2ccccc2)c1CN(Cc1ccc(OC)c(OC)c1)Cc1ccc2c(c1)OCO2. The molecule has 0 atom stereocenters. The Kier molecular flexibility index (Phi) is 9.13. The number of hydrogen-bond acceptors (Lipinski definition) is 6. The second-order valence-electron chi connectivity index (χ2n) is 11.0. The van der Waals surface area contributed by atoms with E-state index in [1.54, 1.807) is 14.2 Å². The number of unbranched alkanes of at least 4 members (excludes halogenated alkanes) is 1. The van der Waals surface area contributed by atoms with Crippen molar-refractivity contribution in [3.63, 3.8) is 0 Å². The van der Waals surface area contributed by atoms with Gasteiger partial charge in [0.05, 0.1) is 25.6 Å². The number of ether oxygens (including phenoxy) is 4. The van der Waals surface area contributed by atoms with Gasteiger partial charge in [-0.2, -0.15) is 0 Å². The average molecular weight is 590 g/mol. The normalized spacial score (nSPS) is 12.1. The Morgan fingerprint density at radius 3 is 2.09 bits per heavy atom. The van der Waals surface area contributed by atoms with Crippen molar-refractivity contribution in [2.45, 2.75) is 45.9 Å². The summed E-state index contributed by atoms with van der Waals surface area (Å²) in [5, 5.41) is 0. The molecule has 226 valence electrons. The van der Waals surface area contributed by atoms with E-state index in [0.717, 1.165) is 76.2 Å². The van der Waals surface area contributed by atoms with Gasteiger partial charge in [-0.1, -0.05) is 86.1 Å². The first kappa shape index (κ1) is 29.3. The van der Waals surface area contributed by atoms with Gasteiger partial charge in [-0.25, -0.2) is 4.98 Å². The molecule has 5 aromatic rings. The van der Waals surface area contributed by atoms with Crippen LogP contribution in [-0.2, 0) is 26.2 Å². The number of rotatable bonds is 13. The van der Waals surface area contributed by atoms with Gasteiger partial charge in [0, 0.05) is 37.3 Å². The van der Waals surface area contributed by atoms with Gasteiger partial charge in [0.1, 0.15) is 5.82 Å². The van der Waals surface area contributed by atoms with Gasteiger partial charge in [0.2, 0.25) is 6.79 Å². The van der Waals surface area contributed by atoms with Crippen molar-refractivity contribution >= 4 is 0 Å². The Bertz CT molecular complexity index is 1680. The summed E-state index contributed by atoms with van der Waals surface area (Å²) in [5.41, 5.74) is 6.73. The first-order chi connectivity index (χ1) is 21.7. The summed E-state index contributed by atoms with van der Waals surface area (Å²) in [6.07, 6.45) is 2.16. The molecule has 0 bridgehead atoms. The van der Waals surface area contributed by atoms with Crippen LogP contribution in [-0.4, -0.2) is 35.5 Å². The highest BCUT2D eigenvalue weighted by Gasteiger charge is 2.23. The zero-order valence-electron chi connectivity index (χ0n) is 25.7. The lowest BCUT2D eigenvalue weighted by Crippen LogP contribution is -2.24. The van der Waals surface area contributed by atoms with Crippen LogP contribution in [0.15, 0.2) is 97.1 Å². The molecule has 7 heteroatoms. The molecule has 1 aliphatic heterocycles. The Hall–Kier alpha value is -4.75. The van der Waals surface area contributed by atoms with Gasteiger partial charge in [0.15, 0.2) is 23.0 Å². The van der Waals surface area contributed by atoms with Crippen LogP contribution in [0.5, 0.6) is 23.0 Å². The summed E-state index contributed by atoms with van der Waals surface area (Å²) < 4.78 is 24.9. The number of methoxy groups -OCH3 is 2. The number of aromatic nitrogens is 2. The number of hydrogen-bond donors (Lipinski definition) is 0. The van der Waals surface area contributed by atoms with Gasteiger partial charge in [-0.05, 0) is 41.8 Å². The van der Waals surface area contributed by atoms with Crippen molar-refractivity contribution in [1.29, 1.82) is 0 Å². The molecule has 0 unspecified atom stereocenters. The van der Waals surface area contributed by atoms with E-state index in [2.05, 4.69) is 101 Å². The molecule has 0 amide bonds. The summed E-state index contributed by atoms with van der Waals surface area (Å²) in [7, 11) is 3.34. The molecule has 0 aliphatic carbocycles. The van der Waals surface area contributed by atoms with Gasteiger partial charge in [-0.15, -0.1) is 0 Å². The molecule has 0 fully saturated rings. The molecular formula is C37H39N3O4. The van der Waals surface area contributed by atoms with Crippen LogP contribution in [0, 0.1) is 0 Å². The van der Waals surface area contributed by atoms with E-state index in [1.807, 2.05) is 12.1 Å². The highest BCUT2D eigenvalue weighted by atomic mass is 16.7. The van der Waals surface area contributed by atoms with E-state index >= 15 is 0 Å². The van der Waals surface area contributed by atoms with Crippen LogP contribution in [0.1, 0.15) is 36.6 Å². The van der Waals surface area contributed by atoms with E-state index in [1.165, 1.54) is 5.69 Å². The average Bonchev–Trinajstić information content (AvgIpc) is 3.69. The predicted molar refractivity (Wildman–Crippen MR) is 173 cm³/mol. The Balaban J connectivity index is 1.44. The third-order valence-electron chi connectivity index (χ3n) is 7.96. The molecule has 0 N–H and O–H groups in total. The summed E-state index contributed by atoms with van der Waals surface area (Å²) in [6, 6.07) is 33.4. The fourth-order valence-corrected chi connectivity index (χ4v) is 5.75. The maximum atomic E-state index is 5.72. The Morgan fingerprint density at radius 2 is 1.39 bits per heavy atom. The molecule has 0 saturated carbocycles. The fourth-order valence-electron chi connectivity index (χ4n) is 5.75. The van der Waals surface area contributed by atoms with Crippen molar-refractivity contribution in [2.75, 3.05) is 21.0 Å². The minimum Gasteiger partial charge on any atom is -0.493 e. The molecule has 1 aliphatic rings. The van der Waals surface area contributed by atoms with E-state index < -0.39 is 0 Å². The highest BCUT2D eigenvalue weighted by molar-refractivity contribution is 5.68.